The standard InChI is InChI=1S/C23H35N/c1-2-20-9-11-22(12-10-20)17-18-23-15-13-21(14-16-23)8-6-4-3-5-7-19-24/h3-5,7,17-18,20-23H,2,6,8-16H2,1H3/b4-3?,7-5?,18-17+. The zero-order valence-electron chi connectivity index (χ0n) is 15.5. The molecule has 2 fully saturated rings. The molecule has 0 spiro atoms. The number of nitrogens with zero attached hydrogens (tertiary/aromatic N) is 1. The van der Waals surface area contributed by atoms with Crippen molar-refractivity contribution in [1.82, 2.24) is 0 Å². The first-order valence-corrected chi connectivity index (χ1v) is 10.2. The molecule has 2 rings (SSSR count). The molecule has 0 heterocycles. The predicted molar refractivity (Wildman–Crippen MR) is 103 cm³/mol. The summed E-state index contributed by atoms with van der Waals surface area (Å²) in [7, 11) is 0. The third kappa shape index (κ3) is 7.08. The maximum absolute atomic E-state index is 8.43. The Bertz CT molecular complexity index is 449. The summed E-state index contributed by atoms with van der Waals surface area (Å²) in [5, 5.41) is 8.43. The van der Waals surface area contributed by atoms with Crippen molar-refractivity contribution >= 4 is 0 Å². The van der Waals surface area contributed by atoms with Gasteiger partial charge in [-0.1, -0.05) is 43.7 Å². The maximum atomic E-state index is 8.43. The summed E-state index contributed by atoms with van der Waals surface area (Å²) in [6, 6.07) is 2.02. The normalized spacial score (nSPS) is 31.8. The third-order valence-corrected chi connectivity index (χ3v) is 6.18. The molecule has 1 nitrogen and oxygen atoms in total. The van der Waals surface area contributed by atoms with Gasteiger partial charge in [0, 0.05) is 6.08 Å². The number of allylic oxidation sites excluding steroid dienone is 6. The van der Waals surface area contributed by atoms with E-state index >= 15 is 0 Å². The van der Waals surface area contributed by atoms with Gasteiger partial charge in [0.1, 0.15) is 0 Å². The molecule has 2 saturated carbocycles. The first-order chi connectivity index (χ1) is 11.8. The van der Waals surface area contributed by atoms with Gasteiger partial charge in [0.2, 0.25) is 0 Å². The Morgan fingerprint density at radius 2 is 1.42 bits per heavy atom. The van der Waals surface area contributed by atoms with Crippen LogP contribution in [0.1, 0.15) is 77.6 Å². The summed E-state index contributed by atoms with van der Waals surface area (Å²) in [4.78, 5) is 0. The van der Waals surface area contributed by atoms with Crippen molar-refractivity contribution in [2.75, 3.05) is 0 Å². The van der Waals surface area contributed by atoms with Crippen LogP contribution in [-0.4, -0.2) is 0 Å². The van der Waals surface area contributed by atoms with Crippen LogP contribution in [0.15, 0.2) is 36.5 Å². The second-order valence-electron chi connectivity index (χ2n) is 7.85. The molecule has 132 valence electrons. The Morgan fingerprint density at radius 1 is 0.833 bits per heavy atom. The van der Waals surface area contributed by atoms with Gasteiger partial charge in [-0.2, -0.15) is 5.26 Å². The van der Waals surface area contributed by atoms with Crippen molar-refractivity contribution in [1.29, 1.82) is 5.26 Å². The van der Waals surface area contributed by atoms with Gasteiger partial charge in [0.05, 0.1) is 6.07 Å². The molecule has 0 aliphatic heterocycles. The SMILES string of the molecule is CCC1CCC(/C=C/C2CCC(CCC=CC=CC#N)CC2)CC1. The van der Waals surface area contributed by atoms with Crippen molar-refractivity contribution < 1.29 is 0 Å². The fourth-order valence-electron chi connectivity index (χ4n) is 4.38. The molecular weight excluding hydrogens is 290 g/mol. The average Bonchev–Trinajstić information content (AvgIpc) is 2.64. The fraction of sp³-hybridized carbons (Fsp3) is 0.696. The summed E-state index contributed by atoms with van der Waals surface area (Å²) in [6.45, 7) is 2.35. The Labute approximate surface area is 149 Å². The number of rotatable bonds is 7. The van der Waals surface area contributed by atoms with Gasteiger partial charge in [0.15, 0.2) is 0 Å². The van der Waals surface area contributed by atoms with Gasteiger partial charge in [0.25, 0.3) is 0 Å². The highest BCUT2D eigenvalue weighted by Crippen LogP contribution is 2.35. The van der Waals surface area contributed by atoms with Crippen molar-refractivity contribution in [3.05, 3.63) is 36.5 Å². The van der Waals surface area contributed by atoms with Crippen molar-refractivity contribution in [2.24, 2.45) is 23.7 Å². The molecule has 1 heteroatoms. The molecule has 0 saturated heterocycles. The summed E-state index contributed by atoms with van der Waals surface area (Å²) in [5.74, 6) is 3.64. The van der Waals surface area contributed by atoms with Gasteiger partial charge in [-0.15, -0.1) is 0 Å². The Balaban J connectivity index is 1.59. The number of nitriles is 1. The van der Waals surface area contributed by atoms with Gasteiger partial charge in [-0.05, 0) is 87.9 Å². The van der Waals surface area contributed by atoms with Crippen LogP contribution in [0.2, 0.25) is 0 Å². The summed E-state index contributed by atoms with van der Waals surface area (Å²) < 4.78 is 0. The van der Waals surface area contributed by atoms with E-state index in [0.29, 0.717) is 0 Å². The van der Waals surface area contributed by atoms with Gasteiger partial charge < -0.3 is 0 Å². The average molecular weight is 326 g/mol. The zero-order valence-corrected chi connectivity index (χ0v) is 15.5. The molecule has 2 aliphatic carbocycles. The number of hydrogen-bond acceptors (Lipinski definition) is 1. The number of hydrogen-bond donors (Lipinski definition) is 0. The highest BCUT2D eigenvalue weighted by Gasteiger charge is 2.21. The minimum Gasteiger partial charge on any atom is -0.193 e. The topological polar surface area (TPSA) is 23.8 Å². The lowest BCUT2D eigenvalue weighted by Crippen LogP contribution is -2.14. The first kappa shape index (κ1) is 19.0. The molecular formula is C23H35N. The molecule has 0 radical (unpaired) electrons. The van der Waals surface area contributed by atoms with Crippen LogP contribution in [0.5, 0.6) is 0 Å². The van der Waals surface area contributed by atoms with E-state index in [-0.39, 0.29) is 0 Å². The Morgan fingerprint density at radius 3 is 1.96 bits per heavy atom. The van der Waals surface area contributed by atoms with E-state index in [1.54, 1.807) is 0 Å². The summed E-state index contributed by atoms with van der Waals surface area (Å²) in [6.07, 6.45) is 27.9. The predicted octanol–water partition coefficient (Wildman–Crippen LogP) is 6.98. The van der Waals surface area contributed by atoms with E-state index in [2.05, 4.69) is 25.2 Å². The van der Waals surface area contributed by atoms with E-state index < -0.39 is 0 Å². The van der Waals surface area contributed by atoms with E-state index in [4.69, 9.17) is 5.26 Å². The van der Waals surface area contributed by atoms with Gasteiger partial charge in [-0.25, -0.2) is 0 Å². The molecule has 0 unspecified atom stereocenters. The highest BCUT2D eigenvalue weighted by molar-refractivity contribution is 5.11. The van der Waals surface area contributed by atoms with Crippen LogP contribution in [0.25, 0.3) is 0 Å². The molecule has 0 amide bonds. The third-order valence-electron chi connectivity index (χ3n) is 6.18. The van der Waals surface area contributed by atoms with Gasteiger partial charge in [-0.3, -0.25) is 0 Å². The zero-order chi connectivity index (χ0) is 17.0. The lowest BCUT2D eigenvalue weighted by atomic mass is 9.78. The van der Waals surface area contributed by atoms with Crippen LogP contribution in [-0.2, 0) is 0 Å². The lowest BCUT2D eigenvalue weighted by molar-refractivity contribution is 0.290. The molecule has 0 aromatic carbocycles. The van der Waals surface area contributed by atoms with E-state index in [1.165, 1.54) is 70.3 Å². The van der Waals surface area contributed by atoms with Gasteiger partial charge >= 0.3 is 0 Å². The highest BCUT2D eigenvalue weighted by atomic mass is 14.3. The van der Waals surface area contributed by atoms with Crippen molar-refractivity contribution in [3.8, 4) is 6.07 Å². The molecule has 0 aromatic heterocycles. The molecule has 0 aromatic rings. The van der Waals surface area contributed by atoms with Crippen LogP contribution in [0, 0.1) is 35.0 Å². The van der Waals surface area contributed by atoms with Crippen LogP contribution < -0.4 is 0 Å². The minimum atomic E-state index is 0.847. The molecule has 0 N–H and O–H groups in total. The Hall–Kier alpha value is -1.29. The summed E-state index contributed by atoms with van der Waals surface area (Å²) in [5.41, 5.74) is 0. The van der Waals surface area contributed by atoms with Crippen LogP contribution in [0.4, 0.5) is 0 Å². The fourth-order valence-corrected chi connectivity index (χ4v) is 4.38. The first-order valence-electron chi connectivity index (χ1n) is 10.2. The second kappa shape index (κ2) is 11.3. The van der Waals surface area contributed by atoms with Crippen LogP contribution in [0.3, 0.4) is 0 Å². The lowest BCUT2D eigenvalue weighted by Gasteiger charge is -2.28. The van der Waals surface area contributed by atoms with Crippen LogP contribution >= 0.6 is 0 Å². The van der Waals surface area contributed by atoms with Crippen molar-refractivity contribution in [3.63, 3.8) is 0 Å². The quantitative estimate of drug-likeness (QED) is 0.281. The maximum Gasteiger partial charge on any atom is 0.0912 e. The molecule has 0 bridgehead atoms. The second-order valence-corrected chi connectivity index (χ2v) is 7.85. The monoisotopic (exact) mass is 325 g/mol. The summed E-state index contributed by atoms with van der Waals surface area (Å²) >= 11 is 0. The smallest absolute Gasteiger partial charge is 0.0912 e. The molecule has 24 heavy (non-hydrogen) atoms. The largest absolute Gasteiger partial charge is 0.193 e. The van der Waals surface area contributed by atoms with E-state index in [0.717, 1.165) is 30.1 Å². The molecule has 2 aliphatic rings. The minimum absolute atomic E-state index is 0.847. The van der Waals surface area contributed by atoms with Crippen molar-refractivity contribution in [2.45, 2.75) is 77.6 Å². The van der Waals surface area contributed by atoms with E-state index in [1.807, 2.05) is 18.2 Å². The Kier molecular flexibility index (Phi) is 8.96. The van der Waals surface area contributed by atoms with E-state index in [9.17, 15) is 0 Å². The molecule has 0 atom stereocenters.